The molecule has 5 nitrogen and oxygen atoms in total. The molecule has 1 aromatic heterocycles. The number of carbonyl (C=O) groups excluding carboxylic acids is 1. The molecule has 0 aliphatic heterocycles. The summed E-state index contributed by atoms with van der Waals surface area (Å²) >= 11 is 0. The summed E-state index contributed by atoms with van der Waals surface area (Å²) in [7, 11) is -3.55. The average Bonchev–Trinajstić information content (AvgIpc) is 2.51. The smallest absolute Gasteiger partial charge is 0.417 e. The summed E-state index contributed by atoms with van der Waals surface area (Å²) in [6.45, 7) is 0.894. The quantitative estimate of drug-likeness (QED) is 0.805. The first-order chi connectivity index (χ1) is 11.5. The maximum atomic E-state index is 13.0. The Hall–Kier alpha value is -2.42. The Bertz CT molecular complexity index is 908. The molecule has 0 unspecified atom stereocenters. The van der Waals surface area contributed by atoms with Crippen LogP contribution >= 0.6 is 0 Å². The van der Waals surface area contributed by atoms with Crippen molar-refractivity contribution in [3.05, 3.63) is 42.1 Å². The minimum absolute atomic E-state index is 0.0541. The van der Waals surface area contributed by atoms with E-state index in [2.05, 4.69) is 4.98 Å². The van der Waals surface area contributed by atoms with Gasteiger partial charge in [-0.2, -0.15) is 13.2 Å². The summed E-state index contributed by atoms with van der Waals surface area (Å²) < 4.78 is 67.4. The lowest BCUT2D eigenvalue weighted by molar-refractivity contribution is -0.137. The predicted octanol–water partition coefficient (Wildman–Crippen LogP) is 3.14. The van der Waals surface area contributed by atoms with Gasteiger partial charge in [-0.25, -0.2) is 13.4 Å². The number of ether oxygens (including phenoxy) is 1. The summed E-state index contributed by atoms with van der Waals surface area (Å²) in [6, 6.07) is 6.21. The number of pyridine rings is 1. The topological polar surface area (TPSA) is 73.3 Å². The molecular weight excluding hydrogens is 359 g/mol. The van der Waals surface area contributed by atoms with Crippen molar-refractivity contribution >= 4 is 15.6 Å². The lowest BCUT2D eigenvalue weighted by atomic mass is 10.1. The Morgan fingerprint density at radius 1 is 1.24 bits per heavy atom. The molecule has 0 amide bonds. The van der Waals surface area contributed by atoms with E-state index in [4.69, 9.17) is 4.74 Å². The van der Waals surface area contributed by atoms with Crippen LogP contribution in [0.5, 0.6) is 5.88 Å². The van der Waals surface area contributed by atoms with Crippen molar-refractivity contribution in [3.8, 4) is 17.0 Å². The molecule has 0 aliphatic carbocycles. The number of hydrogen-bond acceptors (Lipinski definition) is 5. The number of nitrogens with zero attached hydrogens (tertiary/aromatic N) is 1. The number of sulfone groups is 1. The molecule has 0 N–H and O–H groups in total. The van der Waals surface area contributed by atoms with Crippen LogP contribution in [0.1, 0.15) is 12.5 Å². The number of aromatic nitrogens is 1. The molecule has 0 saturated heterocycles. The fourth-order valence-electron chi connectivity index (χ4n) is 1.99. The summed E-state index contributed by atoms with van der Waals surface area (Å²) in [5.41, 5.74) is -0.885. The lowest BCUT2D eigenvalue weighted by Crippen LogP contribution is -2.11. The number of carbonyl (C=O) groups is 1. The maximum Gasteiger partial charge on any atom is 0.417 e. The Morgan fingerprint density at radius 3 is 2.48 bits per heavy atom. The molecule has 0 saturated carbocycles. The molecule has 9 heteroatoms. The number of rotatable bonds is 5. The second-order valence-electron chi connectivity index (χ2n) is 5.37. The van der Waals surface area contributed by atoms with E-state index in [9.17, 15) is 26.4 Å². The monoisotopic (exact) mass is 373 g/mol. The van der Waals surface area contributed by atoms with Crippen molar-refractivity contribution in [1.82, 2.24) is 4.98 Å². The van der Waals surface area contributed by atoms with Gasteiger partial charge in [0.2, 0.25) is 5.88 Å². The summed E-state index contributed by atoms with van der Waals surface area (Å²) in [5, 5.41) is 0. The van der Waals surface area contributed by atoms with Gasteiger partial charge in [-0.15, -0.1) is 0 Å². The van der Waals surface area contributed by atoms with Gasteiger partial charge in [-0.3, -0.25) is 4.79 Å². The van der Waals surface area contributed by atoms with Crippen molar-refractivity contribution in [1.29, 1.82) is 0 Å². The molecule has 25 heavy (non-hydrogen) atoms. The van der Waals surface area contributed by atoms with Crippen LogP contribution < -0.4 is 4.74 Å². The Balaban J connectivity index is 2.61. The first kappa shape index (κ1) is 18.9. The van der Waals surface area contributed by atoms with Crippen LogP contribution in [0.4, 0.5) is 13.2 Å². The third kappa shape index (κ3) is 4.79. The molecule has 0 spiro atoms. The molecule has 0 bridgehead atoms. The first-order valence-corrected chi connectivity index (χ1v) is 8.87. The highest BCUT2D eigenvalue weighted by molar-refractivity contribution is 7.90. The standard InChI is InChI=1S/C16H14F3NO4S/c1-10(21)9-24-15-14(7-12(8-20-15)16(17,18)19)11-4-3-5-13(6-11)25(2,22)23/h3-8H,9H2,1-2H3. The van der Waals surface area contributed by atoms with E-state index >= 15 is 0 Å². The van der Waals surface area contributed by atoms with Crippen LogP contribution in [0.2, 0.25) is 0 Å². The molecule has 134 valence electrons. The number of Topliss-reactive ketones (excluding diaryl/α,β-unsaturated/α-hetero) is 1. The van der Waals surface area contributed by atoms with E-state index in [-0.39, 0.29) is 34.3 Å². The molecule has 0 atom stereocenters. The molecule has 0 aliphatic rings. The van der Waals surface area contributed by atoms with E-state index in [1.165, 1.54) is 31.2 Å². The Morgan fingerprint density at radius 2 is 1.92 bits per heavy atom. The van der Waals surface area contributed by atoms with Gasteiger partial charge in [0.15, 0.2) is 15.6 Å². The third-order valence-electron chi connectivity index (χ3n) is 3.16. The highest BCUT2D eigenvalue weighted by Crippen LogP contribution is 2.36. The van der Waals surface area contributed by atoms with Crippen molar-refractivity contribution in [2.45, 2.75) is 18.0 Å². The summed E-state index contributed by atoms with van der Waals surface area (Å²) in [5.74, 6) is -0.522. The molecular formula is C16H14F3NO4S. The van der Waals surface area contributed by atoms with Gasteiger partial charge in [0.1, 0.15) is 6.61 Å². The van der Waals surface area contributed by atoms with Crippen LogP contribution in [0.3, 0.4) is 0 Å². The van der Waals surface area contributed by atoms with Gasteiger partial charge < -0.3 is 4.74 Å². The zero-order valence-corrected chi connectivity index (χ0v) is 14.1. The Kier molecular flexibility index (Phi) is 5.17. The lowest BCUT2D eigenvalue weighted by Gasteiger charge is -2.13. The summed E-state index contributed by atoms with van der Waals surface area (Å²) in [6.07, 6.45) is -3.04. The van der Waals surface area contributed by atoms with Crippen molar-refractivity contribution in [3.63, 3.8) is 0 Å². The maximum absolute atomic E-state index is 13.0. The minimum Gasteiger partial charge on any atom is -0.469 e. The number of hydrogen-bond donors (Lipinski definition) is 0. The molecule has 0 radical (unpaired) electrons. The Labute approximate surface area is 142 Å². The van der Waals surface area contributed by atoms with Gasteiger partial charge in [-0.05, 0) is 30.7 Å². The van der Waals surface area contributed by atoms with Gasteiger partial charge in [0, 0.05) is 18.0 Å². The summed E-state index contributed by atoms with van der Waals surface area (Å²) in [4.78, 5) is 14.7. The fraction of sp³-hybridized carbons (Fsp3) is 0.250. The van der Waals surface area contributed by atoms with E-state index < -0.39 is 21.6 Å². The molecule has 2 rings (SSSR count). The molecule has 1 heterocycles. The average molecular weight is 373 g/mol. The largest absolute Gasteiger partial charge is 0.469 e. The van der Waals surface area contributed by atoms with Crippen LogP contribution in [0.15, 0.2) is 41.4 Å². The van der Waals surface area contributed by atoms with Crippen molar-refractivity contribution in [2.24, 2.45) is 0 Å². The van der Waals surface area contributed by atoms with Crippen LogP contribution in [-0.2, 0) is 20.8 Å². The fourth-order valence-corrected chi connectivity index (χ4v) is 2.66. The number of halogens is 3. The van der Waals surface area contributed by atoms with E-state index in [1.807, 2.05) is 0 Å². The first-order valence-electron chi connectivity index (χ1n) is 6.98. The van der Waals surface area contributed by atoms with Crippen molar-refractivity contribution < 1.29 is 31.1 Å². The molecule has 2 aromatic rings. The SMILES string of the molecule is CC(=O)COc1ncc(C(F)(F)F)cc1-c1cccc(S(C)(=O)=O)c1. The third-order valence-corrected chi connectivity index (χ3v) is 4.27. The molecule has 0 fully saturated rings. The van der Waals surface area contributed by atoms with Gasteiger partial charge in [0.25, 0.3) is 0 Å². The minimum atomic E-state index is -4.63. The van der Waals surface area contributed by atoms with Crippen LogP contribution in [0, 0.1) is 0 Å². The van der Waals surface area contributed by atoms with Gasteiger partial charge >= 0.3 is 6.18 Å². The van der Waals surface area contributed by atoms with Crippen LogP contribution in [0.25, 0.3) is 11.1 Å². The van der Waals surface area contributed by atoms with Crippen LogP contribution in [-0.4, -0.2) is 32.0 Å². The highest BCUT2D eigenvalue weighted by atomic mass is 32.2. The normalized spacial score (nSPS) is 12.0. The number of ketones is 1. The second kappa shape index (κ2) is 6.83. The zero-order chi connectivity index (χ0) is 18.8. The molecule has 1 aromatic carbocycles. The van der Waals surface area contributed by atoms with E-state index in [1.54, 1.807) is 0 Å². The van der Waals surface area contributed by atoms with E-state index in [0.29, 0.717) is 6.20 Å². The predicted molar refractivity (Wildman–Crippen MR) is 84.0 cm³/mol. The van der Waals surface area contributed by atoms with E-state index in [0.717, 1.165) is 12.3 Å². The second-order valence-corrected chi connectivity index (χ2v) is 7.38. The number of alkyl halides is 3. The van der Waals surface area contributed by atoms with Gasteiger partial charge in [-0.1, -0.05) is 12.1 Å². The van der Waals surface area contributed by atoms with Crippen molar-refractivity contribution in [2.75, 3.05) is 12.9 Å². The highest BCUT2D eigenvalue weighted by Gasteiger charge is 2.32. The number of benzene rings is 1. The van der Waals surface area contributed by atoms with Gasteiger partial charge in [0.05, 0.1) is 10.5 Å². The zero-order valence-electron chi connectivity index (χ0n) is 13.3.